The molecule has 0 fully saturated rings. The molecule has 0 unspecified atom stereocenters. The van der Waals surface area contributed by atoms with Crippen LogP contribution in [-0.4, -0.2) is 30.5 Å². The highest BCUT2D eigenvalue weighted by Crippen LogP contribution is 2.40. The van der Waals surface area contributed by atoms with E-state index in [0.717, 1.165) is 40.0 Å². The lowest BCUT2D eigenvalue weighted by molar-refractivity contribution is -0.112. The number of hydrogen-bond donors (Lipinski definition) is 0. The molecule has 0 atom stereocenters. The number of rotatable bonds is 2. The standard InChI is InChI=1S/C19H16N2O2S/c1-23-14-8-6-13(7-9-14)12-16-15-4-2-3-5-17(15)21(18(16)22)19-20-10-11-24-19/h2-9,12H,10-11H2,1H3/b16-12-. The first-order valence-corrected chi connectivity index (χ1v) is 8.73. The van der Waals surface area contributed by atoms with Crippen LogP contribution >= 0.6 is 11.8 Å². The molecule has 2 aliphatic rings. The van der Waals surface area contributed by atoms with Crippen molar-refractivity contribution in [3.8, 4) is 5.75 Å². The fourth-order valence-electron chi connectivity index (χ4n) is 2.90. The van der Waals surface area contributed by atoms with Crippen LogP contribution in [0.25, 0.3) is 11.6 Å². The summed E-state index contributed by atoms with van der Waals surface area (Å²) in [6.45, 7) is 0.767. The van der Waals surface area contributed by atoms with Gasteiger partial charge in [-0.15, -0.1) is 0 Å². The van der Waals surface area contributed by atoms with Crippen LogP contribution in [0.5, 0.6) is 5.75 Å². The van der Waals surface area contributed by atoms with Crippen LogP contribution in [-0.2, 0) is 4.79 Å². The van der Waals surface area contributed by atoms with Crippen LogP contribution < -0.4 is 9.64 Å². The first-order chi connectivity index (χ1) is 11.8. The summed E-state index contributed by atoms with van der Waals surface area (Å²) in [5, 5.41) is 0.797. The molecule has 120 valence electrons. The maximum Gasteiger partial charge on any atom is 0.265 e. The van der Waals surface area contributed by atoms with E-state index < -0.39 is 0 Å². The Labute approximate surface area is 144 Å². The second-order valence-corrected chi connectivity index (χ2v) is 6.56. The number of methoxy groups -OCH3 is 1. The smallest absolute Gasteiger partial charge is 0.265 e. The molecule has 2 aliphatic heterocycles. The van der Waals surface area contributed by atoms with Crippen molar-refractivity contribution < 1.29 is 9.53 Å². The van der Waals surface area contributed by atoms with Gasteiger partial charge >= 0.3 is 0 Å². The van der Waals surface area contributed by atoms with Gasteiger partial charge in [-0.2, -0.15) is 0 Å². The Bertz CT molecular complexity index is 856. The Morgan fingerprint density at radius 2 is 1.96 bits per heavy atom. The topological polar surface area (TPSA) is 41.9 Å². The van der Waals surface area contributed by atoms with Crippen molar-refractivity contribution in [3.63, 3.8) is 0 Å². The van der Waals surface area contributed by atoms with Gasteiger partial charge < -0.3 is 4.74 Å². The molecular weight excluding hydrogens is 320 g/mol. The molecule has 0 N–H and O–H groups in total. The van der Waals surface area contributed by atoms with E-state index in [1.807, 2.05) is 54.6 Å². The Hall–Kier alpha value is -2.53. The molecule has 0 bridgehead atoms. The minimum absolute atomic E-state index is 0.0137. The summed E-state index contributed by atoms with van der Waals surface area (Å²) in [7, 11) is 1.64. The van der Waals surface area contributed by atoms with Gasteiger partial charge in [0.15, 0.2) is 5.17 Å². The third-order valence-corrected chi connectivity index (χ3v) is 5.01. The second kappa shape index (κ2) is 6.17. The second-order valence-electron chi connectivity index (χ2n) is 5.50. The summed E-state index contributed by atoms with van der Waals surface area (Å²) in [6, 6.07) is 15.6. The van der Waals surface area contributed by atoms with Gasteiger partial charge in [-0.1, -0.05) is 42.1 Å². The predicted octanol–water partition coefficient (Wildman–Crippen LogP) is 3.69. The van der Waals surface area contributed by atoms with Crippen molar-refractivity contribution in [1.29, 1.82) is 0 Å². The number of benzene rings is 2. The highest BCUT2D eigenvalue weighted by Gasteiger charge is 2.36. The number of aliphatic imine (C=N–C) groups is 1. The molecule has 5 heteroatoms. The van der Waals surface area contributed by atoms with Crippen molar-refractivity contribution in [2.45, 2.75) is 0 Å². The van der Waals surface area contributed by atoms with Gasteiger partial charge in [0.2, 0.25) is 0 Å². The largest absolute Gasteiger partial charge is 0.497 e. The SMILES string of the molecule is COc1ccc(/C=C2\C(=O)N(C3=NCCS3)c3ccccc32)cc1. The summed E-state index contributed by atoms with van der Waals surface area (Å²) in [5.41, 5.74) is 3.53. The maximum atomic E-state index is 13.0. The molecule has 1 amide bonds. The normalized spacial score (nSPS) is 18.0. The average Bonchev–Trinajstić information content (AvgIpc) is 3.23. The van der Waals surface area contributed by atoms with E-state index in [0.29, 0.717) is 5.57 Å². The molecule has 0 saturated heterocycles. The number of amides is 1. The van der Waals surface area contributed by atoms with Gasteiger partial charge in [0.05, 0.1) is 24.9 Å². The number of ether oxygens (including phenoxy) is 1. The Kier molecular flexibility index (Phi) is 3.86. The molecule has 24 heavy (non-hydrogen) atoms. The van der Waals surface area contributed by atoms with Gasteiger partial charge in [0.1, 0.15) is 5.75 Å². The number of carbonyl (C=O) groups excluding carboxylic acids is 1. The fourth-order valence-corrected chi connectivity index (χ4v) is 3.75. The molecule has 0 radical (unpaired) electrons. The van der Waals surface area contributed by atoms with Gasteiger partial charge in [0.25, 0.3) is 5.91 Å². The number of thioether (sulfide) groups is 1. The van der Waals surface area contributed by atoms with E-state index in [9.17, 15) is 4.79 Å². The number of para-hydroxylation sites is 1. The summed E-state index contributed by atoms with van der Waals surface area (Å²) >= 11 is 1.63. The van der Waals surface area contributed by atoms with Crippen LogP contribution in [0.3, 0.4) is 0 Å². The van der Waals surface area contributed by atoms with Crippen LogP contribution in [0.15, 0.2) is 53.5 Å². The number of amidine groups is 1. The third-order valence-electron chi connectivity index (χ3n) is 4.06. The molecule has 0 aliphatic carbocycles. The van der Waals surface area contributed by atoms with Crippen molar-refractivity contribution in [2.24, 2.45) is 4.99 Å². The lowest BCUT2D eigenvalue weighted by atomic mass is 10.0. The predicted molar refractivity (Wildman–Crippen MR) is 99.6 cm³/mol. The van der Waals surface area contributed by atoms with Crippen LogP contribution in [0.2, 0.25) is 0 Å². The molecule has 0 saturated carbocycles. The summed E-state index contributed by atoms with van der Waals surface area (Å²) in [4.78, 5) is 19.2. The zero-order valence-electron chi connectivity index (χ0n) is 13.2. The van der Waals surface area contributed by atoms with E-state index >= 15 is 0 Å². The lowest BCUT2D eigenvalue weighted by Crippen LogP contribution is -2.30. The summed E-state index contributed by atoms with van der Waals surface area (Å²) in [6.07, 6.45) is 1.93. The first kappa shape index (κ1) is 15.0. The van der Waals surface area contributed by atoms with Crippen molar-refractivity contribution >= 4 is 40.2 Å². The number of nitrogens with zero attached hydrogens (tertiary/aromatic N) is 2. The lowest BCUT2D eigenvalue weighted by Gasteiger charge is -2.15. The van der Waals surface area contributed by atoms with Crippen molar-refractivity contribution in [3.05, 3.63) is 59.7 Å². The summed E-state index contributed by atoms with van der Waals surface area (Å²) in [5.74, 6) is 1.72. The van der Waals surface area contributed by atoms with Crippen molar-refractivity contribution in [2.75, 3.05) is 24.3 Å². The quantitative estimate of drug-likeness (QED) is 0.786. The van der Waals surface area contributed by atoms with Crippen molar-refractivity contribution in [1.82, 2.24) is 0 Å². The minimum atomic E-state index is -0.0137. The van der Waals surface area contributed by atoms with E-state index in [-0.39, 0.29) is 5.91 Å². The first-order valence-electron chi connectivity index (χ1n) is 7.75. The van der Waals surface area contributed by atoms with E-state index in [4.69, 9.17) is 4.74 Å². The fraction of sp³-hybridized carbons (Fsp3) is 0.158. The molecule has 2 aromatic rings. The van der Waals surface area contributed by atoms with E-state index in [2.05, 4.69) is 4.99 Å². The zero-order valence-corrected chi connectivity index (χ0v) is 14.0. The molecular formula is C19H16N2O2S. The molecule has 4 rings (SSSR count). The Morgan fingerprint density at radius 3 is 2.67 bits per heavy atom. The zero-order chi connectivity index (χ0) is 16.5. The third kappa shape index (κ3) is 2.51. The molecule has 4 nitrogen and oxygen atoms in total. The summed E-state index contributed by atoms with van der Waals surface area (Å²) < 4.78 is 5.19. The molecule has 0 aromatic heterocycles. The highest BCUT2D eigenvalue weighted by atomic mass is 32.2. The van der Waals surface area contributed by atoms with E-state index in [1.54, 1.807) is 23.8 Å². The van der Waals surface area contributed by atoms with Gasteiger partial charge in [-0.05, 0) is 29.8 Å². The Morgan fingerprint density at radius 1 is 1.17 bits per heavy atom. The average molecular weight is 336 g/mol. The van der Waals surface area contributed by atoms with E-state index in [1.165, 1.54) is 0 Å². The Balaban J connectivity index is 1.78. The maximum absolute atomic E-state index is 13.0. The molecule has 2 aromatic carbocycles. The van der Waals surface area contributed by atoms with Gasteiger partial charge in [-0.3, -0.25) is 14.7 Å². The van der Waals surface area contributed by atoms with Gasteiger partial charge in [0, 0.05) is 11.3 Å². The molecule has 2 heterocycles. The number of anilines is 1. The monoisotopic (exact) mass is 336 g/mol. The minimum Gasteiger partial charge on any atom is -0.497 e. The number of carbonyl (C=O) groups is 1. The van der Waals surface area contributed by atoms with Crippen LogP contribution in [0, 0.1) is 0 Å². The van der Waals surface area contributed by atoms with Gasteiger partial charge in [-0.25, -0.2) is 0 Å². The van der Waals surface area contributed by atoms with Crippen LogP contribution in [0.1, 0.15) is 11.1 Å². The van der Waals surface area contributed by atoms with Crippen LogP contribution in [0.4, 0.5) is 5.69 Å². The number of hydrogen-bond acceptors (Lipinski definition) is 4. The number of fused-ring (bicyclic) bond motifs is 1. The highest BCUT2D eigenvalue weighted by molar-refractivity contribution is 8.14. The molecule has 0 spiro atoms.